The Labute approximate surface area is 186 Å². The molecule has 0 radical (unpaired) electrons. The van der Waals surface area contributed by atoms with Gasteiger partial charge in [0.15, 0.2) is 0 Å². The third-order valence-electron chi connectivity index (χ3n) is 5.13. The van der Waals surface area contributed by atoms with E-state index in [1.54, 1.807) is 30.3 Å². The normalized spacial score (nSPS) is 18.5. The van der Waals surface area contributed by atoms with Crippen LogP contribution in [0, 0.1) is 6.92 Å². The van der Waals surface area contributed by atoms with Crippen molar-refractivity contribution in [1.82, 2.24) is 9.80 Å². The van der Waals surface area contributed by atoms with Gasteiger partial charge in [-0.2, -0.15) is 0 Å². The monoisotopic (exact) mass is 446 g/mol. The number of nitrogens with zero attached hydrogens (tertiary/aromatic N) is 2. The lowest BCUT2D eigenvalue weighted by atomic mass is 9.95. The van der Waals surface area contributed by atoms with Crippen molar-refractivity contribution < 1.29 is 14.7 Å². The molecule has 1 heterocycles. The zero-order valence-corrected chi connectivity index (χ0v) is 18.7. The molecule has 5 nitrogen and oxygen atoms in total. The highest BCUT2D eigenvalue weighted by atomic mass is 35.5. The molecule has 1 N–H and O–H groups in total. The fourth-order valence-corrected chi connectivity index (χ4v) is 3.87. The van der Waals surface area contributed by atoms with Gasteiger partial charge in [-0.25, -0.2) is 0 Å². The molecular weight excluding hydrogens is 423 g/mol. The van der Waals surface area contributed by atoms with Crippen LogP contribution in [0.3, 0.4) is 0 Å². The van der Waals surface area contributed by atoms with Crippen LogP contribution >= 0.6 is 23.2 Å². The van der Waals surface area contributed by atoms with Crippen LogP contribution < -0.4 is 0 Å². The van der Waals surface area contributed by atoms with E-state index in [1.807, 2.05) is 38.1 Å². The maximum atomic E-state index is 13.0. The van der Waals surface area contributed by atoms with Crippen LogP contribution in [0.4, 0.5) is 0 Å². The van der Waals surface area contributed by atoms with Gasteiger partial charge in [-0.05, 0) is 51.7 Å². The van der Waals surface area contributed by atoms with E-state index in [0.29, 0.717) is 34.1 Å². The van der Waals surface area contributed by atoms with Gasteiger partial charge in [0.2, 0.25) is 0 Å². The molecule has 0 unspecified atom stereocenters. The third kappa shape index (κ3) is 4.53. The summed E-state index contributed by atoms with van der Waals surface area (Å²) in [5, 5.41) is 11.7. The molecule has 1 atom stereocenters. The van der Waals surface area contributed by atoms with E-state index in [4.69, 9.17) is 23.2 Å². The zero-order chi connectivity index (χ0) is 22.0. The van der Waals surface area contributed by atoms with E-state index < -0.39 is 17.7 Å². The lowest BCUT2D eigenvalue weighted by Gasteiger charge is -2.26. The molecule has 0 aliphatic carbocycles. The Bertz CT molecular complexity index is 1000. The predicted molar refractivity (Wildman–Crippen MR) is 120 cm³/mol. The molecule has 30 heavy (non-hydrogen) atoms. The summed E-state index contributed by atoms with van der Waals surface area (Å²) in [7, 11) is 3.89. The number of hydrogen-bond acceptors (Lipinski definition) is 4. The minimum atomic E-state index is -0.733. The van der Waals surface area contributed by atoms with Crippen LogP contribution in [0.15, 0.2) is 48.0 Å². The highest BCUT2D eigenvalue weighted by Crippen LogP contribution is 2.41. The minimum Gasteiger partial charge on any atom is -0.507 e. The van der Waals surface area contributed by atoms with Gasteiger partial charge >= 0.3 is 0 Å². The van der Waals surface area contributed by atoms with E-state index in [9.17, 15) is 14.7 Å². The average molecular weight is 447 g/mol. The molecule has 7 heteroatoms. The first-order valence-corrected chi connectivity index (χ1v) is 10.4. The fraction of sp³-hybridized carbons (Fsp3) is 0.304. The smallest absolute Gasteiger partial charge is 0.295 e. The van der Waals surface area contributed by atoms with Crippen LogP contribution in [0.1, 0.15) is 29.2 Å². The lowest BCUT2D eigenvalue weighted by Crippen LogP contribution is -2.32. The number of Topliss-reactive ketones (excluding diaryl/α,β-unsaturated/α-hetero) is 1. The van der Waals surface area contributed by atoms with E-state index in [2.05, 4.69) is 0 Å². The Hall–Kier alpha value is -2.34. The predicted octanol–water partition coefficient (Wildman–Crippen LogP) is 4.68. The number of halogens is 2. The van der Waals surface area contributed by atoms with E-state index in [1.165, 1.54) is 4.90 Å². The first-order valence-electron chi connectivity index (χ1n) is 9.66. The van der Waals surface area contributed by atoms with Crippen molar-refractivity contribution in [3.05, 3.63) is 74.8 Å². The fourth-order valence-electron chi connectivity index (χ4n) is 3.56. The Balaban J connectivity index is 2.11. The first kappa shape index (κ1) is 22.3. The Kier molecular flexibility index (Phi) is 6.86. The number of rotatable bonds is 6. The van der Waals surface area contributed by atoms with Crippen molar-refractivity contribution in [3.63, 3.8) is 0 Å². The highest BCUT2D eigenvalue weighted by Gasteiger charge is 2.45. The van der Waals surface area contributed by atoms with Crippen LogP contribution in [-0.2, 0) is 9.59 Å². The van der Waals surface area contributed by atoms with E-state index in [0.717, 1.165) is 12.1 Å². The van der Waals surface area contributed by atoms with Crippen molar-refractivity contribution in [2.45, 2.75) is 19.4 Å². The van der Waals surface area contributed by atoms with Gasteiger partial charge in [-0.1, -0.05) is 59.1 Å². The summed E-state index contributed by atoms with van der Waals surface area (Å²) >= 11 is 12.3. The number of aryl methyl sites for hydroxylation is 1. The standard InChI is InChI=1S/C23H24Cl2N2O3/c1-14-5-7-15(8-6-14)21(28)19-20(16-9-10-17(24)18(25)13-16)27(23(30)22(19)29)12-4-11-26(2)3/h5-10,13,20,28H,4,11-12H2,1-3H3/t20-/m0/s1. The highest BCUT2D eigenvalue weighted by molar-refractivity contribution is 6.46. The number of carbonyl (C=O) groups is 2. The molecule has 0 bridgehead atoms. The number of amides is 1. The van der Waals surface area contributed by atoms with Crippen LogP contribution in [0.2, 0.25) is 10.0 Å². The molecule has 3 rings (SSSR count). The van der Waals surface area contributed by atoms with Crippen molar-refractivity contribution >= 4 is 40.7 Å². The molecule has 1 amide bonds. The van der Waals surface area contributed by atoms with Gasteiger partial charge in [0.25, 0.3) is 11.7 Å². The number of hydrogen-bond donors (Lipinski definition) is 1. The quantitative estimate of drug-likeness (QED) is 0.397. The summed E-state index contributed by atoms with van der Waals surface area (Å²) in [5.74, 6) is -1.52. The van der Waals surface area contributed by atoms with Crippen molar-refractivity contribution in [1.29, 1.82) is 0 Å². The van der Waals surface area contributed by atoms with Crippen LogP contribution in [0.5, 0.6) is 0 Å². The van der Waals surface area contributed by atoms with Crippen molar-refractivity contribution in [3.8, 4) is 0 Å². The molecule has 2 aromatic rings. The third-order valence-corrected chi connectivity index (χ3v) is 5.87. The molecule has 158 valence electrons. The number of ketones is 1. The van der Waals surface area contributed by atoms with E-state index >= 15 is 0 Å². The molecule has 1 aliphatic heterocycles. The lowest BCUT2D eigenvalue weighted by molar-refractivity contribution is -0.139. The second kappa shape index (κ2) is 9.21. The first-order chi connectivity index (χ1) is 14.2. The molecule has 0 spiro atoms. The summed E-state index contributed by atoms with van der Waals surface area (Å²) < 4.78 is 0. The molecule has 0 saturated carbocycles. The molecule has 0 aromatic heterocycles. The maximum Gasteiger partial charge on any atom is 0.295 e. The van der Waals surface area contributed by atoms with Crippen LogP contribution in [-0.4, -0.2) is 53.8 Å². The van der Waals surface area contributed by atoms with E-state index in [-0.39, 0.29) is 11.3 Å². The number of benzene rings is 2. The summed E-state index contributed by atoms with van der Waals surface area (Å²) in [4.78, 5) is 29.3. The number of likely N-dealkylation sites (tertiary alicyclic amines) is 1. The second-order valence-electron chi connectivity index (χ2n) is 7.69. The molecule has 1 aliphatic rings. The Morgan fingerprint density at radius 3 is 2.33 bits per heavy atom. The molecule has 1 saturated heterocycles. The van der Waals surface area contributed by atoms with Gasteiger partial charge in [-0.15, -0.1) is 0 Å². The number of carbonyl (C=O) groups excluding carboxylic acids is 2. The number of aliphatic hydroxyl groups is 1. The minimum absolute atomic E-state index is 0.0621. The second-order valence-corrected chi connectivity index (χ2v) is 8.50. The Morgan fingerprint density at radius 2 is 1.73 bits per heavy atom. The molecule has 2 aromatic carbocycles. The van der Waals surface area contributed by atoms with Crippen molar-refractivity contribution in [2.75, 3.05) is 27.2 Å². The largest absolute Gasteiger partial charge is 0.507 e. The topological polar surface area (TPSA) is 60.9 Å². The van der Waals surface area contributed by atoms with Gasteiger partial charge in [0.1, 0.15) is 5.76 Å². The summed E-state index contributed by atoms with van der Waals surface area (Å²) in [6.07, 6.45) is 0.683. The van der Waals surface area contributed by atoms with Crippen LogP contribution in [0.25, 0.3) is 5.76 Å². The summed E-state index contributed by atoms with van der Waals surface area (Å²) in [6, 6.07) is 11.4. The maximum absolute atomic E-state index is 13.0. The zero-order valence-electron chi connectivity index (χ0n) is 17.2. The average Bonchev–Trinajstić information content (AvgIpc) is 2.95. The van der Waals surface area contributed by atoms with Gasteiger partial charge in [0, 0.05) is 12.1 Å². The van der Waals surface area contributed by atoms with Gasteiger partial charge in [-0.3, -0.25) is 9.59 Å². The summed E-state index contributed by atoms with van der Waals surface area (Å²) in [5.41, 5.74) is 2.20. The van der Waals surface area contributed by atoms with Gasteiger partial charge < -0.3 is 14.9 Å². The number of aliphatic hydroxyl groups excluding tert-OH is 1. The molecular formula is C23H24Cl2N2O3. The SMILES string of the molecule is Cc1ccc(C(O)=C2C(=O)C(=O)N(CCCN(C)C)[C@H]2c2ccc(Cl)c(Cl)c2)cc1. The Morgan fingerprint density at radius 1 is 1.07 bits per heavy atom. The summed E-state index contributed by atoms with van der Waals surface area (Å²) in [6.45, 7) is 3.07. The van der Waals surface area contributed by atoms with Gasteiger partial charge in [0.05, 0.1) is 21.7 Å². The van der Waals surface area contributed by atoms with Crippen molar-refractivity contribution in [2.24, 2.45) is 0 Å². The molecule has 1 fully saturated rings.